The number of nitrogens with one attached hydrogen (secondary N) is 1. The second kappa shape index (κ2) is 9.78. The minimum Gasteiger partial charge on any atom is -0.359 e. The molecule has 1 amide bonds. The lowest BCUT2D eigenvalue weighted by Crippen LogP contribution is -2.30. The van der Waals surface area contributed by atoms with E-state index in [9.17, 15) is 4.79 Å². The van der Waals surface area contributed by atoms with Gasteiger partial charge in [-0.2, -0.15) is 0 Å². The minimum atomic E-state index is -0.288. The molecule has 0 aliphatic carbocycles. The van der Waals surface area contributed by atoms with Gasteiger partial charge in [0.2, 0.25) is 0 Å². The van der Waals surface area contributed by atoms with E-state index in [1.165, 1.54) is 0 Å². The van der Waals surface area contributed by atoms with E-state index in [1.54, 1.807) is 29.1 Å². The fraction of sp³-hybridized carbons (Fsp3) is 0.370. The maximum Gasteiger partial charge on any atom is 0.256 e. The third-order valence-electron chi connectivity index (χ3n) is 6.47. The first-order chi connectivity index (χ1) is 17.7. The van der Waals surface area contributed by atoms with Gasteiger partial charge < -0.3 is 19.5 Å². The lowest BCUT2D eigenvalue weighted by Gasteiger charge is -2.25. The largest absolute Gasteiger partial charge is 0.359 e. The fourth-order valence-corrected chi connectivity index (χ4v) is 4.18. The highest BCUT2D eigenvalue weighted by molar-refractivity contribution is 6.04. The van der Waals surface area contributed by atoms with Crippen LogP contribution in [-0.4, -0.2) is 50.9 Å². The van der Waals surface area contributed by atoms with E-state index in [0.29, 0.717) is 22.8 Å². The Morgan fingerprint density at radius 2 is 2.03 bits per heavy atom. The van der Waals surface area contributed by atoms with E-state index >= 15 is 0 Å². The van der Waals surface area contributed by atoms with Gasteiger partial charge in [-0.25, -0.2) is 4.68 Å². The van der Waals surface area contributed by atoms with Crippen molar-refractivity contribution < 1.29 is 14.1 Å². The molecule has 37 heavy (non-hydrogen) atoms. The third-order valence-corrected chi connectivity index (χ3v) is 6.47. The predicted octanol–water partition coefficient (Wildman–Crippen LogP) is 4.75. The highest BCUT2D eigenvalue weighted by atomic mass is 16.5. The monoisotopic (exact) mass is 501 g/mol. The van der Waals surface area contributed by atoms with E-state index < -0.39 is 0 Å². The van der Waals surface area contributed by atoms with Gasteiger partial charge in [0.05, 0.1) is 23.8 Å². The van der Waals surface area contributed by atoms with Crippen LogP contribution in [0.2, 0.25) is 0 Å². The van der Waals surface area contributed by atoms with Crippen LogP contribution in [0.4, 0.5) is 11.5 Å². The summed E-state index contributed by atoms with van der Waals surface area (Å²) >= 11 is 0. The molecule has 1 aliphatic rings. The van der Waals surface area contributed by atoms with Gasteiger partial charge in [0.1, 0.15) is 17.7 Å². The number of aromatic nitrogens is 5. The molecule has 10 heteroatoms. The van der Waals surface area contributed by atoms with E-state index in [4.69, 9.17) is 9.26 Å². The molecule has 5 rings (SSSR count). The summed E-state index contributed by atoms with van der Waals surface area (Å²) in [5.41, 5.74) is 4.46. The molecule has 0 radical (unpaired) electrons. The molecule has 0 spiro atoms. The standard InChI is InChI=1S/C27H31N7O3/c1-17-8-9-18(26(35)29-24-13-23(37-31-24)27(2,3)4)12-22(17)34-16-21(30-32-34)19-11-20(15-28-14-19)33(5)25-7-6-10-36-25/h8-9,11-16,25H,6-7,10H2,1-5H3,(H,29,31,35). The number of amides is 1. The Balaban J connectivity index is 1.36. The smallest absolute Gasteiger partial charge is 0.256 e. The van der Waals surface area contributed by atoms with E-state index in [-0.39, 0.29) is 17.6 Å². The first-order valence-electron chi connectivity index (χ1n) is 12.3. The predicted molar refractivity (Wildman–Crippen MR) is 140 cm³/mol. The molecule has 1 saturated heterocycles. The highest BCUT2D eigenvalue weighted by Gasteiger charge is 2.22. The molecular weight excluding hydrogens is 470 g/mol. The van der Waals surface area contributed by atoms with Crippen molar-refractivity contribution in [1.82, 2.24) is 25.1 Å². The summed E-state index contributed by atoms with van der Waals surface area (Å²) in [6.07, 6.45) is 7.53. The molecule has 1 aliphatic heterocycles. The second-order valence-corrected chi connectivity index (χ2v) is 10.3. The number of ether oxygens (including phenoxy) is 1. The lowest BCUT2D eigenvalue weighted by molar-refractivity contribution is 0.102. The summed E-state index contributed by atoms with van der Waals surface area (Å²) < 4.78 is 12.8. The van der Waals surface area contributed by atoms with Crippen LogP contribution in [0.3, 0.4) is 0 Å². The normalized spacial score (nSPS) is 15.6. The molecule has 3 aromatic heterocycles. The van der Waals surface area contributed by atoms with Crippen molar-refractivity contribution in [3.8, 4) is 16.9 Å². The number of rotatable bonds is 6. The van der Waals surface area contributed by atoms with Crippen LogP contribution in [0, 0.1) is 6.92 Å². The zero-order chi connectivity index (χ0) is 26.2. The first-order valence-corrected chi connectivity index (χ1v) is 12.3. The van der Waals surface area contributed by atoms with Crippen molar-refractivity contribution in [1.29, 1.82) is 0 Å². The van der Waals surface area contributed by atoms with Crippen LogP contribution >= 0.6 is 0 Å². The number of hydrogen-bond acceptors (Lipinski definition) is 8. The quantitative estimate of drug-likeness (QED) is 0.403. The molecule has 1 unspecified atom stereocenters. The maximum absolute atomic E-state index is 12.9. The van der Waals surface area contributed by atoms with Crippen LogP contribution in [0.5, 0.6) is 0 Å². The molecule has 1 aromatic carbocycles. The van der Waals surface area contributed by atoms with Gasteiger partial charge in [0.15, 0.2) is 5.82 Å². The summed E-state index contributed by atoms with van der Waals surface area (Å²) in [7, 11) is 2.01. The van der Waals surface area contributed by atoms with Gasteiger partial charge in [-0.15, -0.1) is 5.10 Å². The van der Waals surface area contributed by atoms with Gasteiger partial charge in [0, 0.05) is 42.5 Å². The topological polar surface area (TPSA) is 111 Å². The van der Waals surface area contributed by atoms with Crippen LogP contribution in [0.25, 0.3) is 16.9 Å². The van der Waals surface area contributed by atoms with Gasteiger partial charge in [0.25, 0.3) is 5.91 Å². The third kappa shape index (κ3) is 5.24. The van der Waals surface area contributed by atoms with Crippen molar-refractivity contribution in [2.24, 2.45) is 0 Å². The van der Waals surface area contributed by atoms with Crippen LogP contribution in [0.15, 0.2) is 53.4 Å². The average molecular weight is 502 g/mol. The molecule has 1 fully saturated rings. The number of hydrogen-bond donors (Lipinski definition) is 1. The Kier molecular flexibility index (Phi) is 6.51. The number of anilines is 2. The Morgan fingerprint density at radius 3 is 2.76 bits per heavy atom. The second-order valence-electron chi connectivity index (χ2n) is 10.3. The number of pyridine rings is 1. The Hall–Kier alpha value is -4.05. The Bertz CT molecular complexity index is 1410. The van der Waals surface area contributed by atoms with Crippen molar-refractivity contribution >= 4 is 17.4 Å². The summed E-state index contributed by atoms with van der Waals surface area (Å²) in [6, 6.07) is 9.21. The van der Waals surface area contributed by atoms with E-state index in [2.05, 4.69) is 30.7 Å². The maximum atomic E-state index is 12.9. The summed E-state index contributed by atoms with van der Waals surface area (Å²) in [6.45, 7) is 8.80. The van der Waals surface area contributed by atoms with Crippen LogP contribution in [0.1, 0.15) is 55.3 Å². The number of carbonyl (C=O) groups is 1. The molecule has 4 aromatic rings. The summed E-state index contributed by atoms with van der Waals surface area (Å²) in [5.74, 6) is 0.785. The van der Waals surface area contributed by atoms with Crippen molar-refractivity contribution in [2.45, 2.75) is 52.2 Å². The first kappa shape index (κ1) is 24.6. The number of carbonyl (C=O) groups excluding carboxylic acids is 1. The van der Waals surface area contributed by atoms with Crippen molar-refractivity contribution in [3.63, 3.8) is 0 Å². The molecule has 0 bridgehead atoms. The van der Waals surface area contributed by atoms with E-state index in [0.717, 1.165) is 42.0 Å². The Labute approximate surface area is 215 Å². The molecule has 1 N–H and O–H groups in total. The van der Waals surface area contributed by atoms with Crippen molar-refractivity contribution in [2.75, 3.05) is 23.9 Å². The SMILES string of the molecule is Cc1ccc(C(=O)Nc2cc(C(C)(C)C)on2)cc1-n1cc(-c2cncc(N(C)C3CCCO3)c2)nn1. The molecule has 192 valence electrons. The van der Waals surface area contributed by atoms with Crippen LogP contribution in [-0.2, 0) is 10.2 Å². The van der Waals surface area contributed by atoms with E-state index in [1.807, 2.05) is 59.3 Å². The van der Waals surface area contributed by atoms with Gasteiger partial charge >= 0.3 is 0 Å². The zero-order valence-corrected chi connectivity index (χ0v) is 21.7. The molecular formula is C27H31N7O3. The minimum absolute atomic E-state index is 0.0570. The average Bonchev–Trinajstić information content (AvgIpc) is 3.65. The highest BCUT2D eigenvalue weighted by Crippen LogP contribution is 2.27. The number of aryl methyl sites for hydroxylation is 1. The Morgan fingerprint density at radius 1 is 1.19 bits per heavy atom. The molecule has 10 nitrogen and oxygen atoms in total. The lowest BCUT2D eigenvalue weighted by atomic mass is 9.93. The zero-order valence-electron chi connectivity index (χ0n) is 21.7. The van der Waals surface area contributed by atoms with Gasteiger partial charge in [-0.3, -0.25) is 9.78 Å². The number of benzene rings is 1. The fourth-order valence-electron chi connectivity index (χ4n) is 4.18. The van der Waals surface area contributed by atoms with Crippen LogP contribution < -0.4 is 10.2 Å². The summed E-state index contributed by atoms with van der Waals surface area (Å²) in [5, 5.41) is 15.5. The molecule has 4 heterocycles. The van der Waals surface area contributed by atoms with Crippen molar-refractivity contribution in [3.05, 3.63) is 65.8 Å². The summed E-state index contributed by atoms with van der Waals surface area (Å²) in [4.78, 5) is 19.4. The van der Waals surface area contributed by atoms with Gasteiger partial charge in [-0.05, 0) is 43.5 Å². The van der Waals surface area contributed by atoms with Gasteiger partial charge in [-0.1, -0.05) is 37.2 Å². The molecule has 0 saturated carbocycles. The molecule has 1 atom stereocenters. The number of nitrogens with zero attached hydrogens (tertiary/aromatic N) is 6.